The summed E-state index contributed by atoms with van der Waals surface area (Å²) in [5.74, 6) is -0.441. The van der Waals surface area contributed by atoms with Gasteiger partial charge >= 0.3 is 0 Å². The van der Waals surface area contributed by atoms with Crippen LogP contribution in [0.4, 0.5) is 4.39 Å². The Balaban J connectivity index is 1.70. The molecule has 1 aromatic heterocycles. The number of fused-ring (bicyclic) bond motifs is 2. The maximum absolute atomic E-state index is 13.9. The van der Waals surface area contributed by atoms with Gasteiger partial charge in [0, 0.05) is 18.6 Å². The first kappa shape index (κ1) is 15.7. The zero-order chi connectivity index (χ0) is 16.7. The molecule has 6 nitrogen and oxygen atoms in total. The molecule has 2 unspecified atom stereocenters. The van der Waals surface area contributed by atoms with Gasteiger partial charge in [0.2, 0.25) is 10.0 Å². The van der Waals surface area contributed by atoms with Crippen molar-refractivity contribution >= 4 is 10.0 Å². The van der Waals surface area contributed by atoms with E-state index in [4.69, 9.17) is 0 Å². The summed E-state index contributed by atoms with van der Waals surface area (Å²) in [6.07, 6.45) is 5.29. The number of nitrogens with one attached hydrogen (secondary N) is 1. The smallest absolute Gasteiger partial charge is 0.246 e. The molecule has 4 rings (SSSR count). The van der Waals surface area contributed by atoms with Gasteiger partial charge in [-0.2, -0.15) is 9.40 Å². The van der Waals surface area contributed by atoms with E-state index in [2.05, 4.69) is 10.4 Å². The highest BCUT2D eigenvalue weighted by atomic mass is 32.2. The zero-order valence-electron chi connectivity index (χ0n) is 13.1. The normalized spacial score (nSPS) is 24.9. The fraction of sp³-hybridized carbons (Fsp3) is 0.438. The SMILES string of the molecule is O=S(=O)(c1cnn(-c2ccccc2F)c1)N1C2CCNCC1CC2. The van der Waals surface area contributed by atoms with Crippen LogP contribution in [0.3, 0.4) is 0 Å². The van der Waals surface area contributed by atoms with Crippen molar-refractivity contribution < 1.29 is 12.8 Å². The first-order chi connectivity index (χ1) is 11.6. The molecule has 0 spiro atoms. The molecule has 2 aliphatic heterocycles. The zero-order valence-corrected chi connectivity index (χ0v) is 13.9. The highest BCUT2D eigenvalue weighted by molar-refractivity contribution is 7.89. The molecule has 24 heavy (non-hydrogen) atoms. The summed E-state index contributed by atoms with van der Waals surface area (Å²) in [6.45, 7) is 1.51. The minimum atomic E-state index is -3.63. The van der Waals surface area contributed by atoms with Gasteiger partial charge in [-0.25, -0.2) is 17.5 Å². The lowest BCUT2D eigenvalue weighted by molar-refractivity contribution is 0.334. The van der Waals surface area contributed by atoms with E-state index in [-0.39, 0.29) is 22.7 Å². The molecule has 2 bridgehead atoms. The molecular formula is C16H19FN4O2S. The van der Waals surface area contributed by atoms with Crippen molar-refractivity contribution in [2.45, 2.75) is 36.2 Å². The molecule has 0 amide bonds. The minimum Gasteiger partial charge on any atom is -0.315 e. The van der Waals surface area contributed by atoms with Crippen LogP contribution in [0.2, 0.25) is 0 Å². The monoisotopic (exact) mass is 350 g/mol. The first-order valence-corrected chi connectivity index (χ1v) is 9.55. The summed E-state index contributed by atoms with van der Waals surface area (Å²) in [5.41, 5.74) is 0.236. The molecule has 1 aromatic carbocycles. The predicted octanol–water partition coefficient (Wildman–Crippen LogP) is 1.53. The van der Waals surface area contributed by atoms with E-state index in [9.17, 15) is 12.8 Å². The van der Waals surface area contributed by atoms with Crippen LogP contribution < -0.4 is 5.32 Å². The number of halogens is 1. The minimum absolute atomic E-state index is 0.0145. The number of rotatable bonds is 3. The van der Waals surface area contributed by atoms with Gasteiger partial charge in [0.05, 0.1) is 12.4 Å². The van der Waals surface area contributed by atoms with Gasteiger partial charge in [-0.3, -0.25) is 0 Å². The van der Waals surface area contributed by atoms with Crippen LogP contribution in [0.5, 0.6) is 0 Å². The lowest BCUT2D eigenvalue weighted by Crippen LogP contribution is -2.42. The number of benzene rings is 1. The van der Waals surface area contributed by atoms with Gasteiger partial charge < -0.3 is 5.32 Å². The molecule has 1 N–H and O–H groups in total. The maximum Gasteiger partial charge on any atom is 0.246 e. The lowest BCUT2D eigenvalue weighted by Gasteiger charge is -2.26. The third-order valence-corrected chi connectivity index (χ3v) is 6.78. The third-order valence-electron chi connectivity index (χ3n) is 4.82. The molecular weight excluding hydrogens is 331 g/mol. The highest BCUT2D eigenvalue weighted by Gasteiger charge is 2.43. The second-order valence-electron chi connectivity index (χ2n) is 6.28. The topological polar surface area (TPSA) is 67.2 Å². The summed E-state index contributed by atoms with van der Waals surface area (Å²) in [5, 5.41) is 7.35. The van der Waals surface area contributed by atoms with Crippen molar-refractivity contribution in [2.24, 2.45) is 0 Å². The number of hydrogen-bond donors (Lipinski definition) is 1. The fourth-order valence-electron chi connectivity index (χ4n) is 3.66. The van der Waals surface area contributed by atoms with Crippen LogP contribution in [0.15, 0.2) is 41.6 Å². The van der Waals surface area contributed by atoms with Crippen molar-refractivity contribution in [3.63, 3.8) is 0 Å². The molecule has 2 fully saturated rings. The molecule has 0 saturated carbocycles. The Morgan fingerprint density at radius 2 is 1.96 bits per heavy atom. The van der Waals surface area contributed by atoms with Gasteiger partial charge in [0.25, 0.3) is 0 Å². The Morgan fingerprint density at radius 1 is 1.17 bits per heavy atom. The Labute approximate surface area is 140 Å². The van der Waals surface area contributed by atoms with E-state index in [1.807, 2.05) is 0 Å². The number of hydrogen-bond acceptors (Lipinski definition) is 4. The van der Waals surface area contributed by atoms with Crippen molar-refractivity contribution in [1.82, 2.24) is 19.4 Å². The molecule has 0 radical (unpaired) electrons. The van der Waals surface area contributed by atoms with E-state index in [0.717, 1.165) is 25.8 Å². The number of para-hydroxylation sites is 1. The molecule has 2 aliphatic rings. The summed E-state index contributed by atoms with van der Waals surface area (Å²) >= 11 is 0. The summed E-state index contributed by atoms with van der Waals surface area (Å²) in [6, 6.07) is 6.19. The molecule has 128 valence electrons. The van der Waals surface area contributed by atoms with Gasteiger partial charge in [-0.1, -0.05) is 12.1 Å². The Kier molecular flexibility index (Phi) is 3.90. The van der Waals surface area contributed by atoms with E-state index < -0.39 is 15.8 Å². The third kappa shape index (κ3) is 2.54. The lowest BCUT2D eigenvalue weighted by atomic mass is 10.1. The van der Waals surface area contributed by atoms with Gasteiger partial charge in [0.1, 0.15) is 16.4 Å². The standard InChI is InChI=1S/C16H19FN4O2S/c17-15-3-1-2-4-16(15)20-11-14(10-19-20)24(22,23)21-12-5-6-13(21)9-18-8-7-12/h1-4,10-13,18H,5-9H2. The quantitative estimate of drug-likeness (QED) is 0.912. The van der Waals surface area contributed by atoms with Crippen LogP contribution in [-0.4, -0.2) is 47.7 Å². The molecule has 2 atom stereocenters. The van der Waals surface area contributed by atoms with E-state index in [1.165, 1.54) is 23.1 Å². The van der Waals surface area contributed by atoms with Crippen LogP contribution >= 0.6 is 0 Å². The summed E-state index contributed by atoms with van der Waals surface area (Å²) < 4.78 is 43.0. The summed E-state index contributed by atoms with van der Waals surface area (Å²) in [4.78, 5) is 0.115. The molecule has 8 heteroatoms. The van der Waals surface area contributed by atoms with Crippen molar-refractivity contribution in [3.05, 3.63) is 42.5 Å². The second-order valence-corrected chi connectivity index (χ2v) is 8.13. The number of aromatic nitrogens is 2. The van der Waals surface area contributed by atoms with E-state index in [1.54, 1.807) is 22.5 Å². The van der Waals surface area contributed by atoms with E-state index >= 15 is 0 Å². The number of nitrogens with zero attached hydrogens (tertiary/aromatic N) is 3. The highest BCUT2D eigenvalue weighted by Crippen LogP contribution is 2.33. The Bertz CT molecular complexity index is 837. The van der Waals surface area contributed by atoms with Gasteiger partial charge in [0.15, 0.2) is 0 Å². The average molecular weight is 350 g/mol. The maximum atomic E-state index is 13.9. The second kappa shape index (κ2) is 5.94. The molecule has 3 heterocycles. The van der Waals surface area contributed by atoms with Crippen LogP contribution in [0.1, 0.15) is 19.3 Å². The number of sulfonamides is 1. The molecule has 2 saturated heterocycles. The molecule has 2 aromatic rings. The van der Waals surface area contributed by atoms with Crippen molar-refractivity contribution in [1.29, 1.82) is 0 Å². The van der Waals surface area contributed by atoms with Crippen molar-refractivity contribution in [3.8, 4) is 5.69 Å². The van der Waals surface area contributed by atoms with Crippen LogP contribution in [-0.2, 0) is 10.0 Å². The Morgan fingerprint density at radius 3 is 2.79 bits per heavy atom. The average Bonchev–Trinajstić information content (AvgIpc) is 3.12. The van der Waals surface area contributed by atoms with Gasteiger partial charge in [-0.15, -0.1) is 0 Å². The van der Waals surface area contributed by atoms with E-state index in [0.29, 0.717) is 6.54 Å². The van der Waals surface area contributed by atoms with Crippen LogP contribution in [0.25, 0.3) is 5.69 Å². The van der Waals surface area contributed by atoms with Crippen LogP contribution in [0, 0.1) is 5.82 Å². The first-order valence-electron chi connectivity index (χ1n) is 8.11. The summed E-state index contributed by atoms with van der Waals surface area (Å²) in [7, 11) is -3.63. The predicted molar refractivity (Wildman–Crippen MR) is 86.8 cm³/mol. The largest absolute Gasteiger partial charge is 0.315 e. The molecule has 0 aliphatic carbocycles. The fourth-order valence-corrected chi connectivity index (χ4v) is 5.49. The Hall–Kier alpha value is -1.77. The van der Waals surface area contributed by atoms with Crippen molar-refractivity contribution in [2.75, 3.05) is 13.1 Å². The van der Waals surface area contributed by atoms with Gasteiger partial charge in [-0.05, 0) is 37.9 Å².